The fraction of sp³-hybridized carbons (Fsp3) is 0.722. The van der Waals surface area contributed by atoms with Crippen molar-refractivity contribution in [3.05, 3.63) is 24.3 Å². The molecule has 1 nitrogen and oxygen atoms in total. The maximum Gasteiger partial charge on any atom is 0.139 e. The number of allylic oxidation sites excluding steroid dienone is 4. The van der Waals surface area contributed by atoms with Crippen LogP contribution in [0.3, 0.4) is 0 Å². The molecule has 1 rings (SSSR count). The summed E-state index contributed by atoms with van der Waals surface area (Å²) in [6.07, 6.45) is 18.7. The van der Waals surface area contributed by atoms with Crippen LogP contribution in [0.15, 0.2) is 24.3 Å². The third kappa shape index (κ3) is 6.75. The molecular formula is C18H30O. The molecule has 1 aliphatic rings. The van der Waals surface area contributed by atoms with E-state index in [0.717, 1.165) is 25.2 Å². The lowest BCUT2D eigenvalue weighted by Crippen LogP contribution is -2.21. The van der Waals surface area contributed by atoms with Crippen LogP contribution in [0.25, 0.3) is 0 Å². The van der Waals surface area contributed by atoms with Gasteiger partial charge in [-0.05, 0) is 38.0 Å². The average Bonchev–Trinajstić information content (AvgIpc) is 2.45. The smallest absolute Gasteiger partial charge is 0.139 e. The van der Waals surface area contributed by atoms with Gasteiger partial charge in [0.05, 0.1) is 0 Å². The molecule has 0 bridgehead atoms. The summed E-state index contributed by atoms with van der Waals surface area (Å²) in [6.45, 7) is 4.38. The van der Waals surface area contributed by atoms with E-state index in [-0.39, 0.29) is 0 Å². The first kappa shape index (κ1) is 16.2. The lowest BCUT2D eigenvalue weighted by atomic mass is 9.77. The number of ketones is 1. The van der Waals surface area contributed by atoms with Crippen LogP contribution in [0.1, 0.15) is 71.6 Å². The molecule has 0 radical (unpaired) electrons. The fourth-order valence-electron chi connectivity index (χ4n) is 2.91. The number of hydrogen-bond donors (Lipinski definition) is 0. The van der Waals surface area contributed by atoms with Crippen LogP contribution in [0.2, 0.25) is 0 Å². The van der Waals surface area contributed by atoms with Gasteiger partial charge < -0.3 is 0 Å². The number of carbonyl (C=O) groups is 1. The Balaban J connectivity index is 2.21. The standard InChI is InChI=1S/C18H30O/c1-3-5-7-8-9-11-18(19)17-14-12-16(13-15-17)10-6-4-2/h5,7-9,16-17H,3-4,6,10-15H2,1-2H3/b7-5-,9-8-. The van der Waals surface area contributed by atoms with Crippen molar-refractivity contribution in [3.8, 4) is 0 Å². The number of carbonyl (C=O) groups excluding carboxylic acids is 1. The predicted octanol–water partition coefficient (Wildman–Crippen LogP) is 5.46. The molecule has 0 aromatic rings. The van der Waals surface area contributed by atoms with E-state index in [4.69, 9.17) is 0 Å². The summed E-state index contributed by atoms with van der Waals surface area (Å²) in [7, 11) is 0. The number of Topliss-reactive ketones (excluding diaryl/α,β-unsaturated/α-hetero) is 1. The molecule has 0 aromatic carbocycles. The Bertz CT molecular complexity index is 293. The lowest BCUT2D eigenvalue weighted by molar-refractivity contribution is -0.123. The van der Waals surface area contributed by atoms with E-state index in [9.17, 15) is 4.79 Å². The third-order valence-corrected chi connectivity index (χ3v) is 4.21. The van der Waals surface area contributed by atoms with Gasteiger partial charge in [-0.2, -0.15) is 0 Å². The van der Waals surface area contributed by atoms with Crippen molar-refractivity contribution in [1.82, 2.24) is 0 Å². The second-order valence-electron chi connectivity index (χ2n) is 5.79. The van der Waals surface area contributed by atoms with Gasteiger partial charge in [0.25, 0.3) is 0 Å². The summed E-state index contributed by atoms with van der Waals surface area (Å²) in [6, 6.07) is 0. The summed E-state index contributed by atoms with van der Waals surface area (Å²) < 4.78 is 0. The summed E-state index contributed by atoms with van der Waals surface area (Å²) in [4.78, 5) is 12.1. The molecular weight excluding hydrogens is 232 g/mol. The molecule has 1 aliphatic carbocycles. The fourth-order valence-corrected chi connectivity index (χ4v) is 2.91. The molecule has 0 N–H and O–H groups in total. The Kier molecular flexibility index (Phi) is 8.53. The second-order valence-corrected chi connectivity index (χ2v) is 5.79. The molecule has 1 saturated carbocycles. The van der Waals surface area contributed by atoms with E-state index in [2.05, 4.69) is 19.9 Å². The van der Waals surface area contributed by atoms with Crippen molar-refractivity contribution < 1.29 is 4.79 Å². The predicted molar refractivity (Wildman–Crippen MR) is 83.2 cm³/mol. The minimum absolute atomic E-state index is 0.345. The molecule has 0 aromatic heterocycles. The van der Waals surface area contributed by atoms with Crippen molar-refractivity contribution in [1.29, 1.82) is 0 Å². The Labute approximate surface area is 119 Å². The van der Waals surface area contributed by atoms with Gasteiger partial charge in [-0.25, -0.2) is 0 Å². The summed E-state index contributed by atoms with van der Waals surface area (Å²) in [5.74, 6) is 1.69. The Hall–Kier alpha value is -0.850. The zero-order valence-corrected chi connectivity index (χ0v) is 12.7. The molecule has 0 heterocycles. The van der Waals surface area contributed by atoms with Crippen molar-refractivity contribution in [3.63, 3.8) is 0 Å². The van der Waals surface area contributed by atoms with Crippen LogP contribution >= 0.6 is 0 Å². The topological polar surface area (TPSA) is 17.1 Å². The van der Waals surface area contributed by atoms with Crippen molar-refractivity contribution >= 4 is 5.78 Å². The second kappa shape index (κ2) is 10.00. The van der Waals surface area contributed by atoms with E-state index in [1.807, 2.05) is 18.2 Å². The van der Waals surface area contributed by atoms with E-state index < -0.39 is 0 Å². The summed E-state index contributed by atoms with van der Waals surface area (Å²) in [5.41, 5.74) is 0. The van der Waals surface area contributed by atoms with Gasteiger partial charge in [-0.15, -0.1) is 0 Å². The van der Waals surface area contributed by atoms with Gasteiger partial charge >= 0.3 is 0 Å². The lowest BCUT2D eigenvalue weighted by Gasteiger charge is -2.27. The molecule has 0 amide bonds. The van der Waals surface area contributed by atoms with Gasteiger partial charge in [0.1, 0.15) is 5.78 Å². The Morgan fingerprint density at radius 2 is 1.74 bits per heavy atom. The van der Waals surface area contributed by atoms with Crippen LogP contribution in [-0.2, 0) is 4.79 Å². The summed E-state index contributed by atoms with van der Waals surface area (Å²) >= 11 is 0. The monoisotopic (exact) mass is 262 g/mol. The van der Waals surface area contributed by atoms with Crippen molar-refractivity contribution in [2.45, 2.75) is 71.6 Å². The van der Waals surface area contributed by atoms with Gasteiger partial charge in [0.15, 0.2) is 0 Å². The molecule has 19 heavy (non-hydrogen) atoms. The zero-order valence-electron chi connectivity index (χ0n) is 12.7. The SMILES string of the molecule is CC/C=C\C=C/CC(=O)C1CCC(CCCC)CC1. The van der Waals surface area contributed by atoms with Crippen molar-refractivity contribution in [2.24, 2.45) is 11.8 Å². The van der Waals surface area contributed by atoms with Crippen LogP contribution in [0.5, 0.6) is 0 Å². The molecule has 0 spiro atoms. The minimum atomic E-state index is 0.345. The molecule has 0 atom stereocenters. The van der Waals surface area contributed by atoms with Crippen molar-refractivity contribution in [2.75, 3.05) is 0 Å². The third-order valence-electron chi connectivity index (χ3n) is 4.21. The van der Waals surface area contributed by atoms with Crippen LogP contribution in [0, 0.1) is 11.8 Å². The molecule has 1 heteroatoms. The first-order valence-corrected chi connectivity index (χ1v) is 8.12. The Morgan fingerprint density at radius 3 is 2.37 bits per heavy atom. The number of hydrogen-bond acceptors (Lipinski definition) is 1. The normalized spacial score (nSPS) is 24.3. The maximum absolute atomic E-state index is 12.1. The average molecular weight is 262 g/mol. The highest BCUT2D eigenvalue weighted by Gasteiger charge is 2.24. The number of rotatable bonds is 8. The number of unbranched alkanes of at least 4 members (excludes halogenated alkanes) is 1. The molecule has 0 saturated heterocycles. The summed E-state index contributed by atoms with van der Waals surface area (Å²) in [5, 5.41) is 0. The first-order valence-electron chi connectivity index (χ1n) is 8.12. The molecule has 0 unspecified atom stereocenters. The highest BCUT2D eigenvalue weighted by Crippen LogP contribution is 2.32. The quantitative estimate of drug-likeness (QED) is 0.530. The van der Waals surface area contributed by atoms with Gasteiger partial charge in [0, 0.05) is 12.3 Å². The molecule has 108 valence electrons. The molecule has 1 fully saturated rings. The maximum atomic E-state index is 12.1. The largest absolute Gasteiger partial charge is 0.299 e. The van der Waals surface area contributed by atoms with Crippen LogP contribution in [0.4, 0.5) is 0 Å². The van der Waals surface area contributed by atoms with Crippen LogP contribution < -0.4 is 0 Å². The van der Waals surface area contributed by atoms with E-state index >= 15 is 0 Å². The highest BCUT2D eigenvalue weighted by atomic mass is 16.1. The Morgan fingerprint density at radius 1 is 1.05 bits per heavy atom. The first-order chi connectivity index (χ1) is 9.27. The van der Waals surface area contributed by atoms with E-state index in [1.165, 1.54) is 32.1 Å². The van der Waals surface area contributed by atoms with Gasteiger partial charge in [0.2, 0.25) is 0 Å². The highest BCUT2D eigenvalue weighted by molar-refractivity contribution is 5.82. The van der Waals surface area contributed by atoms with E-state index in [1.54, 1.807) is 0 Å². The van der Waals surface area contributed by atoms with Gasteiger partial charge in [-0.1, -0.05) is 57.4 Å². The minimum Gasteiger partial charge on any atom is -0.299 e. The van der Waals surface area contributed by atoms with Crippen LogP contribution in [-0.4, -0.2) is 5.78 Å². The van der Waals surface area contributed by atoms with Gasteiger partial charge in [-0.3, -0.25) is 4.79 Å². The molecule has 0 aliphatic heterocycles. The van der Waals surface area contributed by atoms with E-state index in [0.29, 0.717) is 18.1 Å². The zero-order chi connectivity index (χ0) is 13.9.